The Kier molecular flexibility index (Phi) is 6.19. The molecule has 2 aliphatic heterocycles. The number of carbonyl (C=O) groups is 2. The first-order chi connectivity index (χ1) is 13.6. The van der Waals surface area contributed by atoms with Crippen LogP contribution in [0.2, 0.25) is 0 Å². The highest BCUT2D eigenvalue weighted by Gasteiger charge is 2.57. The van der Waals surface area contributed by atoms with Crippen molar-refractivity contribution in [2.45, 2.75) is 70.3 Å². The summed E-state index contributed by atoms with van der Waals surface area (Å²) < 4.78 is 0. The molecule has 2 saturated heterocycles. The molecule has 1 N–H and O–H groups in total. The third-order valence-electron chi connectivity index (χ3n) is 8.71. The Labute approximate surface area is 181 Å². The molecule has 0 spiro atoms. The van der Waals surface area contributed by atoms with Crippen LogP contribution in [-0.2, 0) is 9.59 Å². The van der Waals surface area contributed by atoms with Crippen molar-refractivity contribution in [1.82, 2.24) is 15.1 Å². The molecule has 6 heteroatoms. The van der Waals surface area contributed by atoms with E-state index in [0.717, 1.165) is 88.9 Å². The molecule has 164 valence electrons. The number of hydrogen-bond acceptors (Lipinski definition) is 3. The first-order valence-corrected chi connectivity index (χ1v) is 11.8. The molecule has 4 aliphatic carbocycles. The Morgan fingerprint density at radius 3 is 2.07 bits per heavy atom. The molecule has 29 heavy (non-hydrogen) atoms. The van der Waals surface area contributed by atoms with Gasteiger partial charge in [0, 0.05) is 19.6 Å². The van der Waals surface area contributed by atoms with Crippen LogP contribution in [0.1, 0.15) is 64.2 Å². The van der Waals surface area contributed by atoms with Gasteiger partial charge in [0.15, 0.2) is 0 Å². The number of rotatable bonds is 4. The predicted octanol–water partition coefficient (Wildman–Crippen LogP) is 3.07. The third kappa shape index (κ3) is 3.82. The minimum Gasteiger partial charge on any atom is -0.341 e. The first-order valence-electron chi connectivity index (χ1n) is 11.8. The second-order valence-corrected chi connectivity index (χ2v) is 10.7. The van der Waals surface area contributed by atoms with Crippen LogP contribution in [0.3, 0.4) is 0 Å². The molecular weight excluding hydrogens is 386 g/mol. The average Bonchev–Trinajstić information content (AvgIpc) is 3.16. The van der Waals surface area contributed by atoms with Gasteiger partial charge in [-0.25, -0.2) is 0 Å². The molecule has 2 amide bonds. The Balaban J connectivity index is 0.00000205. The van der Waals surface area contributed by atoms with Crippen molar-refractivity contribution >= 4 is 24.2 Å². The highest BCUT2D eigenvalue weighted by atomic mass is 35.5. The molecule has 2 heterocycles. The minimum atomic E-state index is -0.179. The molecule has 0 aromatic rings. The highest BCUT2D eigenvalue weighted by molar-refractivity contribution is 5.91. The third-order valence-corrected chi connectivity index (χ3v) is 8.71. The van der Waals surface area contributed by atoms with Crippen molar-refractivity contribution in [3.8, 4) is 0 Å². The van der Waals surface area contributed by atoms with Crippen LogP contribution in [0.15, 0.2) is 0 Å². The van der Waals surface area contributed by atoms with Gasteiger partial charge in [-0.15, -0.1) is 12.4 Å². The maximum Gasteiger partial charge on any atom is 0.245 e. The van der Waals surface area contributed by atoms with E-state index in [4.69, 9.17) is 0 Å². The van der Waals surface area contributed by atoms with Gasteiger partial charge in [-0.2, -0.15) is 0 Å². The lowest BCUT2D eigenvalue weighted by atomic mass is 9.49. The van der Waals surface area contributed by atoms with Crippen LogP contribution in [0, 0.1) is 29.1 Å². The van der Waals surface area contributed by atoms with Gasteiger partial charge in [-0.05, 0) is 101 Å². The highest BCUT2D eigenvalue weighted by Crippen LogP contribution is 2.60. The topological polar surface area (TPSA) is 52.7 Å². The van der Waals surface area contributed by atoms with Crippen molar-refractivity contribution in [3.63, 3.8) is 0 Å². The number of nitrogens with one attached hydrogen (secondary N) is 1. The van der Waals surface area contributed by atoms with E-state index in [1.54, 1.807) is 0 Å². The minimum absolute atomic E-state index is 0. The van der Waals surface area contributed by atoms with E-state index in [9.17, 15) is 9.59 Å². The lowest BCUT2D eigenvalue weighted by molar-refractivity contribution is -0.162. The number of nitrogens with zero attached hydrogens (tertiary/aromatic N) is 2. The summed E-state index contributed by atoms with van der Waals surface area (Å²) in [5.41, 5.74) is -0.114. The maximum atomic E-state index is 13.8. The van der Waals surface area contributed by atoms with Gasteiger partial charge < -0.3 is 15.1 Å². The Bertz CT molecular complexity index is 596. The van der Waals surface area contributed by atoms with E-state index in [2.05, 4.69) is 10.2 Å². The fourth-order valence-corrected chi connectivity index (χ4v) is 7.80. The Morgan fingerprint density at radius 1 is 0.931 bits per heavy atom. The number of carbonyl (C=O) groups excluding carboxylic acids is 2. The van der Waals surface area contributed by atoms with Crippen molar-refractivity contribution < 1.29 is 9.59 Å². The molecule has 1 atom stereocenters. The molecule has 1 unspecified atom stereocenters. The van der Waals surface area contributed by atoms with E-state index in [1.165, 1.54) is 19.3 Å². The van der Waals surface area contributed by atoms with Crippen molar-refractivity contribution in [2.24, 2.45) is 29.1 Å². The molecule has 6 fully saturated rings. The first kappa shape index (κ1) is 21.4. The number of likely N-dealkylation sites (tertiary alicyclic amines) is 2. The van der Waals surface area contributed by atoms with Gasteiger partial charge in [0.2, 0.25) is 11.8 Å². The smallest absolute Gasteiger partial charge is 0.245 e. The molecule has 6 rings (SSSR count). The fraction of sp³-hybridized carbons (Fsp3) is 0.913. The summed E-state index contributed by atoms with van der Waals surface area (Å²) in [6.45, 7) is 3.57. The summed E-state index contributed by atoms with van der Waals surface area (Å²) >= 11 is 0. The molecule has 4 saturated carbocycles. The average molecular weight is 424 g/mol. The zero-order chi connectivity index (χ0) is 19.3. The second-order valence-electron chi connectivity index (χ2n) is 10.7. The SMILES string of the molecule is CNCC1CCN(C(=O)C2CCCN2C(=O)C23CC4CC(CC(C4)C2)C3)CC1.Cl. The predicted molar refractivity (Wildman–Crippen MR) is 116 cm³/mol. The Morgan fingerprint density at radius 2 is 1.52 bits per heavy atom. The van der Waals surface area contributed by atoms with Crippen molar-refractivity contribution in [2.75, 3.05) is 33.2 Å². The molecular formula is C23H38ClN3O2. The summed E-state index contributed by atoms with van der Waals surface area (Å²) in [6.07, 6.45) is 11.4. The van der Waals surface area contributed by atoms with Gasteiger partial charge in [-0.3, -0.25) is 9.59 Å². The van der Waals surface area contributed by atoms with Gasteiger partial charge >= 0.3 is 0 Å². The number of hydrogen-bond donors (Lipinski definition) is 1. The maximum absolute atomic E-state index is 13.8. The summed E-state index contributed by atoms with van der Waals surface area (Å²) in [7, 11) is 2.00. The summed E-state index contributed by atoms with van der Waals surface area (Å²) in [6, 6.07) is -0.179. The largest absolute Gasteiger partial charge is 0.341 e. The van der Waals surface area contributed by atoms with Crippen molar-refractivity contribution in [1.29, 1.82) is 0 Å². The van der Waals surface area contributed by atoms with Gasteiger partial charge in [0.25, 0.3) is 0 Å². The van der Waals surface area contributed by atoms with E-state index in [-0.39, 0.29) is 29.8 Å². The monoisotopic (exact) mass is 423 g/mol. The van der Waals surface area contributed by atoms with E-state index >= 15 is 0 Å². The normalized spacial score (nSPS) is 38.9. The number of piperidine rings is 1. The summed E-state index contributed by atoms with van der Waals surface area (Å²) in [5.74, 6) is 3.60. The molecule has 4 bridgehead atoms. The summed E-state index contributed by atoms with van der Waals surface area (Å²) in [5, 5.41) is 3.27. The van der Waals surface area contributed by atoms with Crippen LogP contribution in [0.4, 0.5) is 0 Å². The van der Waals surface area contributed by atoms with Crippen LogP contribution >= 0.6 is 12.4 Å². The number of halogens is 1. The van der Waals surface area contributed by atoms with Crippen LogP contribution in [0.25, 0.3) is 0 Å². The molecule has 0 aromatic carbocycles. The van der Waals surface area contributed by atoms with E-state index in [1.807, 2.05) is 11.9 Å². The molecule has 6 aliphatic rings. The lowest BCUT2D eigenvalue weighted by Crippen LogP contribution is -2.58. The lowest BCUT2D eigenvalue weighted by Gasteiger charge is -2.56. The Hall–Kier alpha value is -0.810. The molecule has 0 aromatic heterocycles. The van der Waals surface area contributed by atoms with E-state index in [0.29, 0.717) is 11.8 Å². The van der Waals surface area contributed by atoms with Crippen LogP contribution in [-0.4, -0.2) is 60.9 Å². The van der Waals surface area contributed by atoms with Gasteiger partial charge in [0.05, 0.1) is 5.41 Å². The molecule has 5 nitrogen and oxygen atoms in total. The quantitative estimate of drug-likeness (QED) is 0.755. The van der Waals surface area contributed by atoms with Crippen LogP contribution < -0.4 is 5.32 Å². The van der Waals surface area contributed by atoms with Crippen molar-refractivity contribution in [3.05, 3.63) is 0 Å². The second kappa shape index (κ2) is 8.37. The standard InChI is InChI=1S/C23H37N3O2.ClH/c1-24-15-16-4-7-25(8-5-16)21(27)20-3-2-6-26(20)22(28)23-12-17-9-18(13-23)11-19(10-17)14-23;/h16-20,24H,2-15H2,1H3;1H. The van der Waals surface area contributed by atoms with Gasteiger partial charge in [-0.1, -0.05) is 0 Å². The van der Waals surface area contributed by atoms with E-state index < -0.39 is 0 Å². The van der Waals surface area contributed by atoms with Crippen LogP contribution in [0.5, 0.6) is 0 Å². The zero-order valence-corrected chi connectivity index (χ0v) is 18.7. The van der Waals surface area contributed by atoms with Gasteiger partial charge in [0.1, 0.15) is 6.04 Å². The zero-order valence-electron chi connectivity index (χ0n) is 17.9. The fourth-order valence-electron chi connectivity index (χ4n) is 7.80. The molecule has 0 radical (unpaired) electrons. The summed E-state index contributed by atoms with van der Waals surface area (Å²) in [4.78, 5) is 31.2. The number of amides is 2.